The van der Waals surface area contributed by atoms with E-state index in [0.29, 0.717) is 6.61 Å². The number of thiophene rings is 1. The molecule has 2 rings (SSSR count). The Balaban J connectivity index is 2.14. The molecule has 0 saturated heterocycles. The molecule has 2 nitrogen and oxygen atoms in total. The molecule has 0 atom stereocenters. The zero-order valence-corrected chi connectivity index (χ0v) is 10.9. The van der Waals surface area contributed by atoms with E-state index in [4.69, 9.17) is 4.74 Å². The Morgan fingerprint density at radius 2 is 2.19 bits per heavy atom. The number of benzene rings is 1. The first-order valence-corrected chi connectivity index (χ1v) is 6.57. The van der Waals surface area contributed by atoms with Gasteiger partial charge in [0.15, 0.2) is 0 Å². The van der Waals surface area contributed by atoms with Gasteiger partial charge in [0.25, 0.3) is 0 Å². The summed E-state index contributed by atoms with van der Waals surface area (Å²) < 4.78 is 6.57. The van der Waals surface area contributed by atoms with E-state index >= 15 is 0 Å². The molecule has 16 heavy (non-hydrogen) atoms. The molecule has 84 valence electrons. The first kappa shape index (κ1) is 11.6. The van der Waals surface area contributed by atoms with E-state index in [0.717, 1.165) is 21.3 Å². The second kappa shape index (κ2) is 5.48. The van der Waals surface area contributed by atoms with E-state index in [1.165, 1.54) is 0 Å². The van der Waals surface area contributed by atoms with Crippen LogP contribution < -0.4 is 4.74 Å². The van der Waals surface area contributed by atoms with Gasteiger partial charge in [0, 0.05) is 5.56 Å². The maximum Gasteiger partial charge on any atom is 0.139 e. The number of halogens is 1. The summed E-state index contributed by atoms with van der Waals surface area (Å²) in [5, 5.41) is 13.3. The first-order valence-electron chi connectivity index (χ1n) is 4.83. The van der Waals surface area contributed by atoms with E-state index < -0.39 is 0 Å². The average Bonchev–Trinajstić information content (AvgIpc) is 2.80. The molecule has 0 unspecified atom stereocenters. The van der Waals surface area contributed by atoms with Crippen molar-refractivity contribution in [1.29, 1.82) is 0 Å². The zero-order valence-electron chi connectivity index (χ0n) is 8.52. The highest BCUT2D eigenvalue weighted by Crippen LogP contribution is 2.29. The van der Waals surface area contributed by atoms with Gasteiger partial charge in [-0.25, -0.2) is 0 Å². The minimum absolute atomic E-state index is 0.0155. The lowest BCUT2D eigenvalue weighted by Gasteiger charge is -2.11. The maximum absolute atomic E-state index is 9.20. The van der Waals surface area contributed by atoms with Gasteiger partial charge in [-0.3, -0.25) is 0 Å². The Labute approximate surface area is 107 Å². The van der Waals surface area contributed by atoms with Crippen LogP contribution in [0.5, 0.6) is 5.75 Å². The standard InChI is InChI=1S/C12H11BrO2S/c13-11-3-1-2-10(6-14)12(11)15-7-9-4-5-16-8-9/h1-5,8,14H,6-7H2. The topological polar surface area (TPSA) is 29.5 Å². The quantitative estimate of drug-likeness (QED) is 0.935. The van der Waals surface area contributed by atoms with Crippen molar-refractivity contribution in [2.45, 2.75) is 13.2 Å². The van der Waals surface area contributed by atoms with Gasteiger partial charge < -0.3 is 9.84 Å². The molecule has 0 saturated carbocycles. The molecule has 0 aliphatic carbocycles. The highest BCUT2D eigenvalue weighted by atomic mass is 79.9. The summed E-state index contributed by atoms with van der Waals surface area (Å²) in [6.45, 7) is 0.511. The smallest absolute Gasteiger partial charge is 0.139 e. The molecule has 1 aromatic carbocycles. The van der Waals surface area contributed by atoms with Crippen molar-refractivity contribution in [1.82, 2.24) is 0 Å². The summed E-state index contributed by atoms with van der Waals surface area (Å²) in [5.74, 6) is 0.719. The van der Waals surface area contributed by atoms with E-state index in [1.807, 2.05) is 29.6 Å². The number of hydrogen-bond donors (Lipinski definition) is 1. The summed E-state index contributed by atoms with van der Waals surface area (Å²) >= 11 is 5.07. The van der Waals surface area contributed by atoms with Gasteiger partial charge in [0.05, 0.1) is 11.1 Å². The van der Waals surface area contributed by atoms with Crippen LogP contribution in [0.1, 0.15) is 11.1 Å². The summed E-state index contributed by atoms with van der Waals surface area (Å²) in [5.41, 5.74) is 1.94. The Morgan fingerprint density at radius 3 is 2.88 bits per heavy atom. The summed E-state index contributed by atoms with van der Waals surface area (Å²) in [6.07, 6.45) is 0. The molecule has 1 heterocycles. The maximum atomic E-state index is 9.20. The SMILES string of the molecule is OCc1cccc(Br)c1OCc1ccsc1. The fourth-order valence-electron chi connectivity index (χ4n) is 1.37. The van der Waals surface area contributed by atoms with Crippen molar-refractivity contribution in [3.05, 3.63) is 50.6 Å². The van der Waals surface area contributed by atoms with E-state index in [2.05, 4.69) is 21.3 Å². The lowest BCUT2D eigenvalue weighted by molar-refractivity contribution is 0.258. The van der Waals surface area contributed by atoms with Gasteiger partial charge in [0.1, 0.15) is 12.4 Å². The van der Waals surface area contributed by atoms with Crippen molar-refractivity contribution in [3.63, 3.8) is 0 Å². The predicted molar refractivity (Wildman–Crippen MR) is 68.7 cm³/mol. The molecule has 0 aliphatic rings. The molecule has 0 aliphatic heterocycles. The molecular weight excluding hydrogens is 288 g/mol. The number of ether oxygens (including phenoxy) is 1. The molecule has 2 aromatic rings. The highest BCUT2D eigenvalue weighted by Gasteiger charge is 2.07. The van der Waals surface area contributed by atoms with Gasteiger partial charge >= 0.3 is 0 Å². The van der Waals surface area contributed by atoms with Crippen LogP contribution >= 0.6 is 27.3 Å². The van der Waals surface area contributed by atoms with Crippen molar-refractivity contribution < 1.29 is 9.84 Å². The molecule has 1 N–H and O–H groups in total. The van der Waals surface area contributed by atoms with Crippen LogP contribution in [0.15, 0.2) is 39.5 Å². The Morgan fingerprint density at radius 1 is 1.31 bits per heavy atom. The molecule has 1 aromatic heterocycles. The van der Waals surface area contributed by atoms with Crippen molar-refractivity contribution in [2.24, 2.45) is 0 Å². The lowest BCUT2D eigenvalue weighted by Crippen LogP contribution is -1.98. The highest BCUT2D eigenvalue weighted by molar-refractivity contribution is 9.10. The predicted octanol–water partition coefficient (Wildman–Crippen LogP) is 3.58. The Bertz CT molecular complexity index is 454. The third-order valence-corrected chi connectivity index (χ3v) is 3.54. The van der Waals surface area contributed by atoms with Crippen LogP contribution in [0.4, 0.5) is 0 Å². The monoisotopic (exact) mass is 298 g/mol. The largest absolute Gasteiger partial charge is 0.487 e. The van der Waals surface area contributed by atoms with Crippen LogP contribution in [0.3, 0.4) is 0 Å². The summed E-state index contributed by atoms with van der Waals surface area (Å²) in [4.78, 5) is 0. The summed E-state index contributed by atoms with van der Waals surface area (Å²) in [7, 11) is 0. The van der Waals surface area contributed by atoms with Gasteiger partial charge in [-0.15, -0.1) is 0 Å². The van der Waals surface area contributed by atoms with Crippen molar-refractivity contribution >= 4 is 27.3 Å². The number of aliphatic hydroxyl groups is 1. The van der Waals surface area contributed by atoms with Gasteiger partial charge in [-0.2, -0.15) is 11.3 Å². The molecular formula is C12H11BrO2S. The normalized spacial score (nSPS) is 10.4. The number of hydrogen-bond acceptors (Lipinski definition) is 3. The minimum Gasteiger partial charge on any atom is -0.487 e. The minimum atomic E-state index is -0.0155. The molecule has 0 bridgehead atoms. The Kier molecular flexibility index (Phi) is 3.98. The fraction of sp³-hybridized carbons (Fsp3) is 0.167. The van der Waals surface area contributed by atoms with E-state index in [9.17, 15) is 5.11 Å². The van der Waals surface area contributed by atoms with Crippen LogP contribution in [0, 0.1) is 0 Å². The summed E-state index contributed by atoms with van der Waals surface area (Å²) in [6, 6.07) is 7.67. The lowest BCUT2D eigenvalue weighted by atomic mass is 10.2. The third-order valence-electron chi connectivity index (χ3n) is 2.18. The fourth-order valence-corrected chi connectivity index (χ4v) is 2.54. The van der Waals surface area contributed by atoms with E-state index in [-0.39, 0.29) is 6.61 Å². The molecule has 0 spiro atoms. The van der Waals surface area contributed by atoms with Crippen LogP contribution in [-0.4, -0.2) is 5.11 Å². The molecule has 0 radical (unpaired) electrons. The van der Waals surface area contributed by atoms with Gasteiger partial charge in [0.2, 0.25) is 0 Å². The van der Waals surface area contributed by atoms with E-state index in [1.54, 1.807) is 11.3 Å². The average molecular weight is 299 g/mol. The second-order valence-corrected chi connectivity index (χ2v) is 4.94. The molecule has 0 amide bonds. The molecule has 0 fully saturated rings. The van der Waals surface area contributed by atoms with Crippen molar-refractivity contribution in [2.75, 3.05) is 0 Å². The third kappa shape index (κ3) is 2.64. The Hall–Kier alpha value is -0.840. The molecule has 4 heteroatoms. The van der Waals surface area contributed by atoms with Gasteiger partial charge in [-0.05, 0) is 44.4 Å². The van der Waals surface area contributed by atoms with Gasteiger partial charge in [-0.1, -0.05) is 12.1 Å². The zero-order chi connectivity index (χ0) is 11.4. The van der Waals surface area contributed by atoms with Crippen LogP contribution in [0.25, 0.3) is 0 Å². The first-order chi connectivity index (χ1) is 7.81. The number of para-hydroxylation sites is 1. The van der Waals surface area contributed by atoms with Crippen LogP contribution in [-0.2, 0) is 13.2 Å². The van der Waals surface area contributed by atoms with Crippen molar-refractivity contribution in [3.8, 4) is 5.75 Å². The number of aliphatic hydroxyl groups excluding tert-OH is 1. The second-order valence-electron chi connectivity index (χ2n) is 3.31. The van der Waals surface area contributed by atoms with Crippen LogP contribution in [0.2, 0.25) is 0 Å². The number of rotatable bonds is 4.